The van der Waals surface area contributed by atoms with Crippen LogP contribution in [0.3, 0.4) is 0 Å². The molecule has 21 heteroatoms. The molecule has 0 bridgehead atoms. The van der Waals surface area contributed by atoms with E-state index in [1.165, 1.54) is 71.6 Å². The number of aliphatic hydroxyl groups excluding tert-OH is 2. The molecule has 0 saturated heterocycles. The standard InChI is InChI=1S/C20H38N4O10S7/c25-11-37-17-40-14-30-20(28)24-4-8-36-5-1-21-9-31-33-15-39-13-29-19(27)23-3-7-35-6-2-22-10-32-34-16-41-18-38-12-26/h9-10,25-26H,1-8,11-18H2,(H,23,27)(H,24,28). The molecule has 0 aromatic heterocycles. The van der Waals surface area contributed by atoms with Crippen LogP contribution in [0.4, 0.5) is 9.59 Å². The first-order valence-electron chi connectivity index (χ1n) is 11.8. The SMILES string of the molecule is O=C(NCCSCCN=COOCSCSCO)OCSCOOC=NCCSCCNC(=O)OCSCSCO. The number of ether oxygens (including phenoxy) is 2. The van der Waals surface area contributed by atoms with Gasteiger partial charge < -0.3 is 40.1 Å². The molecule has 0 aliphatic heterocycles. The molecule has 4 N–H and O–H groups in total. The second kappa shape index (κ2) is 36.0. The minimum absolute atomic E-state index is 0.0543. The number of carbonyl (C=O) groups excluding carboxylic acids is 2. The van der Waals surface area contributed by atoms with Crippen LogP contribution in [0.5, 0.6) is 0 Å². The Balaban J connectivity index is 3.30. The van der Waals surface area contributed by atoms with E-state index in [1.54, 1.807) is 23.5 Å². The van der Waals surface area contributed by atoms with Crippen LogP contribution >= 0.6 is 82.3 Å². The van der Waals surface area contributed by atoms with Gasteiger partial charge >= 0.3 is 12.2 Å². The number of hydrogen-bond acceptors (Lipinski definition) is 19. The molecule has 14 nitrogen and oxygen atoms in total. The summed E-state index contributed by atoms with van der Waals surface area (Å²) in [6, 6.07) is 0. The van der Waals surface area contributed by atoms with Crippen LogP contribution in [0.1, 0.15) is 0 Å². The first-order chi connectivity index (χ1) is 20.2. The lowest BCUT2D eigenvalue weighted by atomic mass is 10.7. The quantitative estimate of drug-likeness (QED) is 0.0212. The van der Waals surface area contributed by atoms with E-state index in [9.17, 15) is 9.59 Å². The molecule has 0 rings (SSSR count). The highest BCUT2D eigenvalue weighted by Gasteiger charge is 2.02. The lowest BCUT2D eigenvalue weighted by molar-refractivity contribution is -0.196. The molecule has 0 aromatic carbocycles. The van der Waals surface area contributed by atoms with E-state index >= 15 is 0 Å². The molecular formula is C20H38N4O10S7. The van der Waals surface area contributed by atoms with Crippen molar-refractivity contribution in [1.82, 2.24) is 10.6 Å². The van der Waals surface area contributed by atoms with E-state index < -0.39 is 12.2 Å². The molecule has 0 atom stereocenters. The van der Waals surface area contributed by atoms with Crippen molar-refractivity contribution in [3.05, 3.63) is 0 Å². The maximum absolute atomic E-state index is 11.6. The second-order valence-electron chi connectivity index (χ2n) is 6.38. The summed E-state index contributed by atoms with van der Waals surface area (Å²) >= 11 is 10.1. The summed E-state index contributed by atoms with van der Waals surface area (Å²) in [7, 11) is 0. The van der Waals surface area contributed by atoms with Crippen molar-refractivity contribution >= 4 is 107 Å². The Morgan fingerprint density at radius 2 is 1.07 bits per heavy atom. The number of nitrogens with one attached hydrogen (secondary N) is 2. The zero-order valence-corrected chi connectivity index (χ0v) is 28.1. The predicted octanol–water partition coefficient (Wildman–Crippen LogP) is 3.17. The zero-order valence-electron chi connectivity index (χ0n) is 22.4. The summed E-state index contributed by atoms with van der Waals surface area (Å²) in [4.78, 5) is 50.5. The summed E-state index contributed by atoms with van der Waals surface area (Å²) in [5.41, 5.74) is 0. The molecule has 0 aliphatic rings. The maximum atomic E-state index is 11.6. The van der Waals surface area contributed by atoms with Gasteiger partial charge in [0.15, 0.2) is 0 Å². The Morgan fingerprint density at radius 1 is 0.610 bits per heavy atom. The third-order valence-corrected chi connectivity index (χ3v) is 9.51. The van der Waals surface area contributed by atoms with Crippen LogP contribution in [0, 0.1) is 0 Å². The van der Waals surface area contributed by atoms with E-state index in [2.05, 4.69) is 20.6 Å². The second-order valence-corrected chi connectivity index (χ2v) is 14.2. The number of rotatable bonds is 30. The Labute approximate surface area is 270 Å². The molecule has 0 fully saturated rings. The summed E-state index contributed by atoms with van der Waals surface area (Å²) in [6.45, 7) is 2.08. The highest BCUT2D eigenvalue weighted by atomic mass is 32.2. The third kappa shape index (κ3) is 35.9. The first-order valence-corrected chi connectivity index (χ1v) is 19.9. The van der Waals surface area contributed by atoms with Crippen LogP contribution < -0.4 is 10.6 Å². The summed E-state index contributed by atoms with van der Waals surface area (Å²) in [5, 5.41) is 23.9. The normalized spacial score (nSPS) is 11.2. The van der Waals surface area contributed by atoms with E-state index in [0.29, 0.717) is 37.2 Å². The Hall–Kier alpha value is -0.230. The summed E-state index contributed by atoms with van der Waals surface area (Å²) in [5.74, 6) is 4.03. The summed E-state index contributed by atoms with van der Waals surface area (Å²) < 4.78 is 9.98. The minimum Gasteiger partial charge on any atom is -0.438 e. The average molecular weight is 719 g/mol. The molecule has 2 amide bonds. The smallest absolute Gasteiger partial charge is 0.408 e. The zero-order chi connectivity index (χ0) is 29.9. The number of thioether (sulfide) groups is 7. The lowest BCUT2D eigenvalue weighted by Crippen LogP contribution is -2.26. The number of amides is 2. The van der Waals surface area contributed by atoms with Gasteiger partial charge in [0.2, 0.25) is 12.8 Å². The van der Waals surface area contributed by atoms with E-state index in [4.69, 9.17) is 39.2 Å². The molecule has 0 aliphatic carbocycles. The molecule has 0 spiro atoms. The number of aliphatic imine (C=N–C) groups is 2. The number of carbonyl (C=O) groups is 2. The van der Waals surface area contributed by atoms with Crippen molar-refractivity contribution in [2.75, 3.05) is 95.0 Å². The summed E-state index contributed by atoms with van der Waals surface area (Å²) in [6.07, 6.45) is 1.51. The first kappa shape index (κ1) is 40.8. The largest absolute Gasteiger partial charge is 0.438 e. The van der Waals surface area contributed by atoms with Gasteiger partial charge in [0, 0.05) is 46.3 Å². The van der Waals surface area contributed by atoms with Crippen molar-refractivity contribution in [2.24, 2.45) is 9.98 Å². The van der Waals surface area contributed by atoms with Crippen LogP contribution in [0.15, 0.2) is 9.98 Å². The van der Waals surface area contributed by atoms with Gasteiger partial charge in [-0.25, -0.2) is 9.59 Å². The minimum atomic E-state index is -0.503. The molecule has 0 heterocycles. The van der Waals surface area contributed by atoms with E-state index in [1.807, 2.05) is 0 Å². The van der Waals surface area contributed by atoms with Gasteiger partial charge in [-0.05, 0) is 0 Å². The van der Waals surface area contributed by atoms with Crippen LogP contribution in [0.2, 0.25) is 0 Å². The molecule has 240 valence electrons. The Morgan fingerprint density at radius 3 is 1.59 bits per heavy atom. The van der Waals surface area contributed by atoms with Crippen molar-refractivity contribution in [2.45, 2.75) is 0 Å². The maximum Gasteiger partial charge on any atom is 0.408 e. The van der Waals surface area contributed by atoms with Crippen molar-refractivity contribution < 1.29 is 48.8 Å². The van der Waals surface area contributed by atoms with Gasteiger partial charge in [-0.3, -0.25) is 9.98 Å². The predicted molar refractivity (Wildman–Crippen MR) is 176 cm³/mol. The molecule has 0 radical (unpaired) electrons. The van der Waals surface area contributed by atoms with Crippen molar-refractivity contribution in [3.8, 4) is 0 Å². The molecule has 0 aromatic rings. The number of nitrogens with zero attached hydrogens (tertiary/aromatic N) is 2. The van der Waals surface area contributed by atoms with Crippen LogP contribution in [0.25, 0.3) is 0 Å². The van der Waals surface area contributed by atoms with Gasteiger partial charge in [-0.2, -0.15) is 33.3 Å². The van der Waals surface area contributed by atoms with Crippen LogP contribution in [-0.2, 0) is 29.0 Å². The van der Waals surface area contributed by atoms with Crippen molar-refractivity contribution in [1.29, 1.82) is 0 Å². The van der Waals surface area contributed by atoms with Gasteiger partial charge in [-0.15, -0.1) is 47.0 Å². The topological polar surface area (TPSA) is 179 Å². The molecular weight excluding hydrogens is 681 g/mol. The fourth-order valence-electron chi connectivity index (χ4n) is 1.83. The Kier molecular flexibility index (Phi) is 35.8. The van der Waals surface area contributed by atoms with Crippen LogP contribution in [-0.4, -0.2) is 130 Å². The van der Waals surface area contributed by atoms with Gasteiger partial charge in [0.05, 0.1) is 25.0 Å². The number of hydrogen-bond donors (Lipinski definition) is 4. The number of aliphatic hydroxyl groups is 2. The van der Waals surface area contributed by atoms with Crippen molar-refractivity contribution in [3.63, 3.8) is 0 Å². The van der Waals surface area contributed by atoms with Gasteiger partial charge in [0.1, 0.15) is 23.8 Å². The number of alkyl carbamates (subject to hydrolysis) is 2. The molecule has 0 unspecified atom stereocenters. The molecule has 0 saturated carbocycles. The Bertz CT molecular complexity index is 664. The monoisotopic (exact) mass is 718 g/mol. The fourth-order valence-corrected chi connectivity index (χ4v) is 5.98. The average Bonchev–Trinajstić information content (AvgIpc) is 2.97. The van der Waals surface area contributed by atoms with Gasteiger partial charge in [-0.1, -0.05) is 11.8 Å². The molecule has 41 heavy (non-hydrogen) atoms. The fraction of sp³-hybridized carbons (Fsp3) is 0.800. The third-order valence-electron chi connectivity index (χ3n) is 3.46. The van der Waals surface area contributed by atoms with Gasteiger partial charge in [0.25, 0.3) is 0 Å². The van der Waals surface area contributed by atoms with E-state index in [-0.39, 0.29) is 29.7 Å². The highest BCUT2D eigenvalue weighted by Crippen LogP contribution is 2.11. The lowest BCUT2D eigenvalue weighted by Gasteiger charge is -2.06. The van der Waals surface area contributed by atoms with E-state index in [0.717, 1.165) is 28.1 Å². The highest BCUT2D eigenvalue weighted by molar-refractivity contribution is 8.16.